The van der Waals surface area contributed by atoms with Gasteiger partial charge in [-0.05, 0) is 73.2 Å². The molecule has 2 aromatic carbocycles. The summed E-state index contributed by atoms with van der Waals surface area (Å²) in [5, 5.41) is 11.7. The van der Waals surface area contributed by atoms with Gasteiger partial charge in [0.2, 0.25) is 5.91 Å². The average Bonchev–Trinajstić information content (AvgIpc) is 3.34. The Balaban J connectivity index is 1.18. The predicted molar refractivity (Wildman–Crippen MR) is 173 cm³/mol. The lowest BCUT2D eigenvalue weighted by molar-refractivity contribution is -0.128. The van der Waals surface area contributed by atoms with Crippen LogP contribution in [0.4, 0.5) is 4.39 Å². The molecule has 46 heavy (non-hydrogen) atoms. The van der Waals surface area contributed by atoms with Gasteiger partial charge in [-0.3, -0.25) is 9.59 Å². The van der Waals surface area contributed by atoms with Crippen LogP contribution in [-0.4, -0.2) is 77.2 Å². The van der Waals surface area contributed by atoms with E-state index in [2.05, 4.69) is 41.2 Å². The number of piperidine rings is 1. The molecule has 3 aliphatic heterocycles. The van der Waals surface area contributed by atoms with Crippen LogP contribution in [0.5, 0.6) is 11.5 Å². The smallest absolute Gasteiger partial charge is 0.254 e. The maximum Gasteiger partial charge on any atom is 0.254 e. The number of benzene rings is 2. The number of hydrogen-bond donors (Lipinski definition) is 1. The molecule has 1 atom stereocenters. The highest BCUT2D eigenvalue weighted by Crippen LogP contribution is 2.33. The summed E-state index contributed by atoms with van der Waals surface area (Å²) in [5.41, 5.74) is 3.21. The summed E-state index contributed by atoms with van der Waals surface area (Å²) < 4.78 is 27.3. The van der Waals surface area contributed by atoms with Crippen molar-refractivity contribution in [3.8, 4) is 22.8 Å². The minimum Gasteiger partial charge on any atom is -0.457 e. The quantitative estimate of drug-likeness (QED) is 0.303. The molecule has 244 valence electrons. The van der Waals surface area contributed by atoms with E-state index >= 15 is 4.39 Å². The SMILES string of the molecule is CC1CC(=O)N(Cc2cc(F)c(C(=O)NC3CCN(CC4(C)COC4)CC3)cc2Oc2ccc(-c3ccc(C(C)C)nn3)cc2)C1. The molecule has 0 aliphatic carbocycles. The summed E-state index contributed by atoms with van der Waals surface area (Å²) in [6, 6.07) is 14.1. The second-order valence-corrected chi connectivity index (χ2v) is 14.0. The number of amides is 2. The van der Waals surface area contributed by atoms with E-state index in [9.17, 15) is 9.59 Å². The van der Waals surface area contributed by atoms with Crippen molar-refractivity contribution in [1.82, 2.24) is 25.3 Å². The van der Waals surface area contributed by atoms with Crippen molar-refractivity contribution in [3.05, 3.63) is 71.2 Å². The van der Waals surface area contributed by atoms with Gasteiger partial charge in [0.25, 0.3) is 5.91 Å². The van der Waals surface area contributed by atoms with Crippen LogP contribution >= 0.6 is 0 Å². The number of halogens is 1. The number of hydrogen-bond acceptors (Lipinski definition) is 7. The standard InChI is InChI=1S/C36H44FN5O4/c1-23(2)31-9-10-32(40-39-31)25-5-7-28(8-6-25)46-33-17-29(30(37)16-26(33)19-42-18-24(3)15-34(42)43)35(44)38-27-11-13-41(14-12-27)20-36(4)21-45-22-36/h5-10,16-17,23-24,27H,11-15,18-22H2,1-4H3,(H,38,44). The van der Waals surface area contributed by atoms with Gasteiger partial charge >= 0.3 is 0 Å². The fraction of sp³-hybridized carbons (Fsp3) is 0.500. The number of carbonyl (C=O) groups excluding carboxylic acids is 2. The van der Waals surface area contributed by atoms with Gasteiger partial charge in [-0.25, -0.2) is 4.39 Å². The zero-order valence-corrected chi connectivity index (χ0v) is 27.2. The van der Waals surface area contributed by atoms with Crippen molar-refractivity contribution < 1.29 is 23.5 Å². The predicted octanol–water partition coefficient (Wildman–Crippen LogP) is 5.80. The molecule has 9 nitrogen and oxygen atoms in total. The highest BCUT2D eigenvalue weighted by Gasteiger charge is 2.36. The molecule has 3 fully saturated rings. The molecular formula is C36H44FN5O4. The second-order valence-electron chi connectivity index (χ2n) is 14.0. The number of nitrogens with one attached hydrogen (secondary N) is 1. The molecule has 0 saturated carbocycles. The van der Waals surface area contributed by atoms with Crippen LogP contribution in [-0.2, 0) is 16.1 Å². The Morgan fingerprint density at radius 2 is 1.85 bits per heavy atom. The summed E-state index contributed by atoms with van der Waals surface area (Å²) in [6.45, 7) is 13.5. The largest absolute Gasteiger partial charge is 0.457 e. The Hall–Kier alpha value is -3.89. The molecule has 1 aromatic heterocycles. The monoisotopic (exact) mass is 629 g/mol. The van der Waals surface area contributed by atoms with Crippen LogP contribution in [0.15, 0.2) is 48.5 Å². The van der Waals surface area contributed by atoms with E-state index in [0.29, 0.717) is 35.9 Å². The summed E-state index contributed by atoms with van der Waals surface area (Å²) in [4.78, 5) is 30.1. The van der Waals surface area contributed by atoms with Crippen LogP contribution in [0.2, 0.25) is 0 Å². The summed E-state index contributed by atoms with van der Waals surface area (Å²) in [5.74, 6) is 0.327. The Bertz CT molecular complexity index is 1550. The van der Waals surface area contributed by atoms with Crippen molar-refractivity contribution in [2.75, 3.05) is 39.4 Å². The van der Waals surface area contributed by atoms with Gasteiger partial charge in [0.05, 0.1) is 30.2 Å². The first-order valence-corrected chi connectivity index (χ1v) is 16.4. The minimum absolute atomic E-state index is 0.0276. The minimum atomic E-state index is -0.631. The summed E-state index contributed by atoms with van der Waals surface area (Å²) >= 11 is 0. The van der Waals surface area contributed by atoms with Gasteiger partial charge in [-0.2, -0.15) is 10.2 Å². The Labute approximate surface area is 270 Å². The third-order valence-corrected chi connectivity index (χ3v) is 9.25. The van der Waals surface area contributed by atoms with Crippen molar-refractivity contribution in [1.29, 1.82) is 0 Å². The molecule has 2 amide bonds. The molecule has 0 radical (unpaired) electrons. The fourth-order valence-corrected chi connectivity index (χ4v) is 6.52. The van der Waals surface area contributed by atoms with Crippen LogP contribution in [0, 0.1) is 17.2 Å². The Morgan fingerprint density at radius 1 is 1.11 bits per heavy atom. The van der Waals surface area contributed by atoms with E-state index in [1.54, 1.807) is 4.90 Å². The molecule has 6 rings (SSSR count). The van der Waals surface area contributed by atoms with E-state index in [0.717, 1.165) is 62.6 Å². The maximum atomic E-state index is 15.6. The average molecular weight is 630 g/mol. The first kappa shape index (κ1) is 32.1. The molecule has 3 saturated heterocycles. The fourth-order valence-electron chi connectivity index (χ4n) is 6.52. The van der Waals surface area contributed by atoms with Crippen molar-refractivity contribution in [2.24, 2.45) is 11.3 Å². The van der Waals surface area contributed by atoms with Gasteiger partial charge in [0.1, 0.15) is 17.3 Å². The first-order chi connectivity index (χ1) is 22.0. The molecule has 4 heterocycles. The number of nitrogens with zero attached hydrogens (tertiary/aromatic N) is 4. The van der Waals surface area contributed by atoms with E-state index in [1.165, 1.54) is 12.1 Å². The van der Waals surface area contributed by atoms with Crippen molar-refractivity contribution >= 4 is 11.8 Å². The van der Waals surface area contributed by atoms with E-state index in [4.69, 9.17) is 9.47 Å². The van der Waals surface area contributed by atoms with Crippen LogP contribution in [0.25, 0.3) is 11.3 Å². The zero-order chi connectivity index (χ0) is 32.4. The van der Waals surface area contributed by atoms with Crippen molar-refractivity contribution in [3.63, 3.8) is 0 Å². The molecule has 10 heteroatoms. The van der Waals surface area contributed by atoms with Crippen LogP contribution in [0.3, 0.4) is 0 Å². The van der Waals surface area contributed by atoms with E-state index in [-0.39, 0.29) is 35.4 Å². The van der Waals surface area contributed by atoms with Crippen LogP contribution < -0.4 is 10.1 Å². The number of likely N-dealkylation sites (tertiary alicyclic amines) is 2. The summed E-state index contributed by atoms with van der Waals surface area (Å²) in [6.07, 6.45) is 2.07. The lowest BCUT2D eigenvalue weighted by atomic mass is 9.87. The maximum absolute atomic E-state index is 15.6. The number of carbonyl (C=O) groups is 2. The third-order valence-electron chi connectivity index (χ3n) is 9.25. The van der Waals surface area contributed by atoms with Gasteiger partial charge in [0, 0.05) is 61.7 Å². The van der Waals surface area contributed by atoms with Gasteiger partial charge in [-0.1, -0.05) is 27.7 Å². The third kappa shape index (κ3) is 7.39. The zero-order valence-electron chi connectivity index (χ0n) is 27.2. The molecule has 3 aliphatic rings. The number of ether oxygens (including phenoxy) is 2. The molecular weight excluding hydrogens is 585 g/mol. The van der Waals surface area contributed by atoms with Gasteiger partial charge in [-0.15, -0.1) is 0 Å². The topological polar surface area (TPSA) is 96.9 Å². The normalized spacial score (nSPS) is 20.2. The highest BCUT2D eigenvalue weighted by molar-refractivity contribution is 5.95. The van der Waals surface area contributed by atoms with E-state index < -0.39 is 11.7 Å². The molecule has 0 spiro atoms. The van der Waals surface area contributed by atoms with Crippen molar-refractivity contribution in [2.45, 2.75) is 65.5 Å². The Kier molecular flexibility index (Phi) is 9.38. The Morgan fingerprint density at radius 3 is 2.43 bits per heavy atom. The van der Waals surface area contributed by atoms with E-state index in [1.807, 2.05) is 43.3 Å². The van der Waals surface area contributed by atoms with Gasteiger partial charge in [0.15, 0.2) is 0 Å². The second kappa shape index (κ2) is 13.5. The number of aromatic nitrogens is 2. The lowest BCUT2D eigenvalue weighted by Gasteiger charge is -2.43. The van der Waals surface area contributed by atoms with Crippen LogP contribution in [0.1, 0.15) is 74.5 Å². The lowest BCUT2D eigenvalue weighted by Crippen LogP contribution is -2.52. The summed E-state index contributed by atoms with van der Waals surface area (Å²) in [7, 11) is 0. The molecule has 3 aromatic rings. The molecule has 1 N–H and O–H groups in total. The first-order valence-electron chi connectivity index (χ1n) is 16.4. The number of rotatable bonds is 10. The molecule has 1 unspecified atom stereocenters. The van der Waals surface area contributed by atoms with Gasteiger partial charge < -0.3 is 24.6 Å². The molecule has 0 bridgehead atoms. The highest BCUT2D eigenvalue weighted by atomic mass is 19.1.